The van der Waals surface area contributed by atoms with Crippen LogP contribution in [0.5, 0.6) is 0 Å². The summed E-state index contributed by atoms with van der Waals surface area (Å²) in [4.78, 5) is 16.3. The van der Waals surface area contributed by atoms with E-state index in [1.165, 1.54) is 5.56 Å². The Morgan fingerprint density at radius 3 is 2.60 bits per heavy atom. The standard InChI is InChI=1S/C15H22ClN3O/c1-11-3-4-13(16)9-14(11)18-5-7-19(8-6-18)15(20)12(2)10-17/h3-4,9,12H,5-8,10,17H2,1-2H3. The predicted molar refractivity (Wildman–Crippen MR) is 83.2 cm³/mol. The molecule has 0 spiro atoms. The molecule has 1 amide bonds. The van der Waals surface area contributed by atoms with Crippen molar-refractivity contribution in [3.05, 3.63) is 28.8 Å². The Labute approximate surface area is 125 Å². The van der Waals surface area contributed by atoms with Crippen LogP contribution in [0.4, 0.5) is 5.69 Å². The van der Waals surface area contributed by atoms with Crippen LogP contribution in [-0.2, 0) is 4.79 Å². The van der Waals surface area contributed by atoms with E-state index in [1.807, 2.05) is 30.0 Å². The average molecular weight is 296 g/mol. The molecule has 0 aliphatic carbocycles. The van der Waals surface area contributed by atoms with Crippen molar-refractivity contribution < 1.29 is 4.79 Å². The molecule has 1 aromatic rings. The van der Waals surface area contributed by atoms with Gasteiger partial charge in [-0.1, -0.05) is 24.6 Å². The molecule has 2 rings (SSSR count). The van der Waals surface area contributed by atoms with Gasteiger partial charge >= 0.3 is 0 Å². The highest BCUT2D eigenvalue weighted by atomic mass is 35.5. The van der Waals surface area contributed by atoms with Crippen molar-refractivity contribution in [2.24, 2.45) is 11.7 Å². The number of carbonyl (C=O) groups is 1. The fourth-order valence-corrected chi connectivity index (χ4v) is 2.67. The summed E-state index contributed by atoms with van der Waals surface area (Å²) in [6, 6.07) is 5.94. The summed E-state index contributed by atoms with van der Waals surface area (Å²) in [6.45, 7) is 7.54. The molecular weight excluding hydrogens is 274 g/mol. The van der Waals surface area contributed by atoms with Crippen molar-refractivity contribution >= 4 is 23.2 Å². The number of amides is 1. The van der Waals surface area contributed by atoms with Gasteiger partial charge in [0.25, 0.3) is 0 Å². The molecule has 1 saturated heterocycles. The van der Waals surface area contributed by atoms with Gasteiger partial charge in [-0.05, 0) is 24.6 Å². The van der Waals surface area contributed by atoms with Crippen molar-refractivity contribution in [1.29, 1.82) is 0 Å². The lowest BCUT2D eigenvalue weighted by Gasteiger charge is -2.37. The fraction of sp³-hybridized carbons (Fsp3) is 0.533. The minimum Gasteiger partial charge on any atom is -0.368 e. The highest BCUT2D eigenvalue weighted by Crippen LogP contribution is 2.25. The van der Waals surface area contributed by atoms with Gasteiger partial charge in [-0.25, -0.2) is 0 Å². The summed E-state index contributed by atoms with van der Waals surface area (Å²) in [7, 11) is 0. The lowest BCUT2D eigenvalue weighted by atomic mass is 10.1. The number of nitrogens with two attached hydrogens (primary N) is 1. The number of rotatable bonds is 3. The van der Waals surface area contributed by atoms with Crippen LogP contribution in [0.15, 0.2) is 18.2 Å². The summed E-state index contributed by atoms with van der Waals surface area (Å²) < 4.78 is 0. The number of piperazine rings is 1. The van der Waals surface area contributed by atoms with Gasteiger partial charge in [-0.3, -0.25) is 4.79 Å². The molecule has 5 heteroatoms. The molecule has 1 atom stereocenters. The summed E-state index contributed by atoms with van der Waals surface area (Å²) in [5.41, 5.74) is 7.94. The molecule has 20 heavy (non-hydrogen) atoms. The third-order valence-electron chi connectivity index (χ3n) is 3.88. The number of carbonyl (C=O) groups excluding carboxylic acids is 1. The number of anilines is 1. The summed E-state index contributed by atoms with van der Waals surface area (Å²) in [6.07, 6.45) is 0. The van der Waals surface area contributed by atoms with Crippen LogP contribution in [0.1, 0.15) is 12.5 Å². The van der Waals surface area contributed by atoms with Crippen LogP contribution >= 0.6 is 11.6 Å². The van der Waals surface area contributed by atoms with Crippen molar-refractivity contribution in [3.63, 3.8) is 0 Å². The fourth-order valence-electron chi connectivity index (χ4n) is 2.50. The second-order valence-electron chi connectivity index (χ2n) is 5.38. The van der Waals surface area contributed by atoms with E-state index in [0.717, 1.165) is 36.9 Å². The largest absolute Gasteiger partial charge is 0.368 e. The van der Waals surface area contributed by atoms with Gasteiger partial charge in [-0.15, -0.1) is 0 Å². The molecule has 1 aliphatic rings. The number of halogens is 1. The second kappa shape index (κ2) is 6.46. The van der Waals surface area contributed by atoms with Crippen molar-refractivity contribution in [1.82, 2.24) is 4.90 Å². The Morgan fingerprint density at radius 2 is 2.00 bits per heavy atom. The van der Waals surface area contributed by atoms with Gasteiger partial charge in [0.05, 0.1) is 0 Å². The summed E-state index contributed by atoms with van der Waals surface area (Å²) >= 11 is 6.07. The monoisotopic (exact) mass is 295 g/mol. The Balaban J connectivity index is 2.01. The van der Waals surface area contributed by atoms with E-state index in [1.54, 1.807) is 0 Å². The molecular formula is C15H22ClN3O. The van der Waals surface area contributed by atoms with Crippen molar-refractivity contribution in [2.75, 3.05) is 37.6 Å². The van der Waals surface area contributed by atoms with Crippen LogP contribution in [0.25, 0.3) is 0 Å². The smallest absolute Gasteiger partial charge is 0.226 e. The van der Waals surface area contributed by atoms with Gasteiger partial charge < -0.3 is 15.5 Å². The van der Waals surface area contributed by atoms with Gasteiger partial charge in [0.15, 0.2) is 0 Å². The molecule has 0 bridgehead atoms. The first-order valence-electron chi connectivity index (χ1n) is 7.03. The van der Waals surface area contributed by atoms with Gasteiger partial charge in [0.2, 0.25) is 5.91 Å². The zero-order valence-corrected chi connectivity index (χ0v) is 12.9. The first kappa shape index (κ1) is 15.1. The van der Waals surface area contributed by atoms with E-state index in [2.05, 4.69) is 11.8 Å². The minimum absolute atomic E-state index is 0.0885. The maximum absolute atomic E-state index is 12.1. The molecule has 0 radical (unpaired) electrons. The zero-order chi connectivity index (χ0) is 14.7. The van der Waals surface area contributed by atoms with E-state index >= 15 is 0 Å². The lowest BCUT2D eigenvalue weighted by Crippen LogP contribution is -2.51. The van der Waals surface area contributed by atoms with Crippen LogP contribution in [-0.4, -0.2) is 43.5 Å². The molecule has 0 saturated carbocycles. The van der Waals surface area contributed by atoms with Crippen molar-refractivity contribution in [3.8, 4) is 0 Å². The molecule has 0 aromatic heterocycles. The number of nitrogens with zero attached hydrogens (tertiary/aromatic N) is 2. The lowest BCUT2D eigenvalue weighted by molar-refractivity contribution is -0.134. The van der Waals surface area contributed by atoms with Crippen molar-refractivity contribution in [2.45, 2.75) is 13.8 Å². The van der Waals surface area contributed by atoms with E-state index < -0.39 is 0 Å². The van der Waals surface area contributed by atoms with E-state index in [-0.39, 0.29) is 11.8 Å². The Hall–Kier alpha value is -1.26. The number of hydrogen-bond acceptors (Lipinski definition) is 3. The first-order chi connectivity index (χ1) is 9.52. The Morgan fingerprint density at radius 1 is 1.35 bits per heavy atom. The van der Waals surface area contributed by atoms with Crippen LogP contribution in [0.2, 0.25) is 5.02 Å². The highest BCUT2D eigenvalue weighted by molar-refractivity contribution is 6.30. The van der Waals surface area contributed by atoms with Gasteiger partial charge in [-0.2, -0.15) is 0 Å². The topological polar surface area (TPSA) is 49.6 Å². The SMILES string of the molecule is Cc1ccc(Cl)cc1N1CCN(C(=O)C(C)CN)CC1. The molecule has 1 aromatic carbocycles. The summed E-state index contributed by atoms with van der Waals surface area (Å²) in [5.74, 6) is 0.0735. The molecule has 4 nitrogen and oxygen atoms in total. The average Bonchev–Trinajstić information content (AvgIpc) is 2.48. The quantitative estimate of drug-likeness (QED) is 0.926. The van der Waals surface area contributed by atoms with E-state index in [0.29, 0.717) is 6.54 Å². The normalized spacial score (nSPS) is 17.2. The highest BCUT2D eigenvalue weighted by Gasteiger charge is 2.24. The van der Waals surface area contributed by atoms with Crippen LogP contribution in [0, 0.1) is 12.8 Å². The minimum atomic E-state index is -0.0885. The maximum atomic E-state index is 12.1. The number of hydrogen-bond donors (Lipinski definition) is 1. The van der Waals surface area contributed by atoms with Crippen LogP contribution in [0.3, 0.4) is 0 Å². The molecule has 1 aliphatic heterocycles. The van der Waals surface area contributed by atoms with Gasteiger partial charge in [0, 0.05) is 49.4 Å². The third-order valence-corrected chi connectivity index (χ3v) is 4.11. The number of benzene rings is 1. The second-order valence-corrected chi connectivity index (χ2v) is 5.82. The van der Waals surface area contributed by atoms with E-state index in [9.17, 15) is 4.79 Å². The Bertz CT molecular complexity index is 484. The molecule has 1 fully saturated rings. The first-order valence-corrected chi connectivity index (χ1v) is 7.40. The zero-order valence-electron chi connectivity index (χ0n) is 12.1. The summed E-state index contributed by atoms with van der Waals surface area (Å²) in [5, 5.41) is 0.751. The molecule has 2 N–H and O–H groups in total. The van der Waals surface area contributed by atoms with Crippen LogP contribution < -0.4 is 10.6 Å². The van der Waals surface area contributed by atoms with E-state index in [4.69, 9.17) is 17.3 Å². The van der Waals surface area contributed by atoms with Gasteiger partial charge in [0.1, 0.15) is 0 Å². The molecule has 110 valence electrons. The predicted octanol–water partition coefficient (Wildman–Crippen LogP) is 1.89. The maximum Gasteiger partial charge on any atom is 0.226 e. The number of aryl methyl sites for hydroxylation is 1. The molecule has 1 heterocycles. The third kappa shape index (κ3) is 3.25. The molecule has 1 unspecified atom stereocenters. The Kier molecular flexibility index (Phi) is 4.89.